The Bertz CT molecular complexity index is 1300. The Morgan fingerprint density at radius 2 is 1.87 bits per heavy atom. The Balaban J connectivity index is 1.65. The molecule has 0 aliphatic carbocycles. The summed E-state index contributed by atoms with van der Waals surface area (Å²) in [5, 5.41) is 3.73. The molecular formula is C22H17Cl2N3O3S. The van der Waals surface area contributed by atoms with Gasteiger partial charge in [0.15, 0.2) is 5.13 Å². The van der Waals surface area contributed by atoms with Crippen molar-refractivity contribution in [3.05, 3.63) is 81.1 Å². The molecule has 0 saturated heterocycles. The third kappa shape index (κ3) is 4.17. The SMILES string of the molecule is COC(=O)c1ccc2nc(NC(=O)c3c(Cl)c(Cl)c(C)n3Cc3ccccc3)sc2c1. The maximum absolute atomic E-state index is 13.1. The van der Waals surface area contributed by atoms with Gasteiger partial charge in [0, 0.05) is 12.2 Å². The van der Waals surface area contributed by atoms with E-state index in [0.717, 1.165) is 10.3 Å². The van der Waals surface area contributed by atoms with Crippen LogP contribution < -0.4 is 5.32 Å². The number of aromatic nitrogens is 2. The van der Waals surface area contributed by atoms with E-state index in [2.05, 4.69) is 10.3 Å². The van der Waals surface area contributed by atoms with Gasteiger partial charge >= 0.3 is 5.97 Å². The molecule has 6 nitrogen and oxygen atoms in total. The van der Waals surface area contributed by atoms with Crippen molar-refractivity contribution in [2.75, 3.05) is 12.4 Å². The maximum atomic E-state index is 13.1. The second-order valence-electron chi connectivity index (χ2n) is 6.78. The van der Waals surface area contributed by atoms with Crippen LogP contribution in [0.5, 0.6) is 0 Å². The summed E-state index contributed by atoms with van der Waals surface area (Å²) in [5.74, 6) is -0.847. The van der Waals surface area contributed by atoms with E-state index in [-0.39, 0.29) is 10.7 Å². The van der Waals surface area contributed by atoms with Gasteiger partial charge in [0.25, 0.3) is 5.91 Å². The van der Waals surface area contributed by atoms with Crippen LogP contribution in [0.4, 0.5) is 5.13 Å². The van der Waals surface area contributed by atoms with Gasteiger partial charge in [0.05, 0.1) is 32.9 Å². The number of halogens is 2. The van der Waals surface area contributed by atoms with E-state index in [1.165, 1.54) is 18.4 Å². The van der Waals surface area contributed by atoms with Crippen LogP contribution in [0.1, 0.15) is 32.1 Å². The predicted molar refractivity (Wildman–Crippen MR) is 124 cm³/mol. The van der Waals surface area contributed by atoms with Crippen molar-refractivity contribution in [1.29, 1.82) is 0 Å². The van der Waals surface area contributed by atoms with Gasteiger partial charge in [0.2, 0.25) is 0 Å². The molecule has 0 saturated carbocycles. The molecule has 31 heavy (non-hydrogen) atoms. The topological polar surface area (TPSA) is 73.2 Å². The molecule has 0 fully saturated rings. The van der Waals surface area contributed by atoms with Crippen molar-refractivity contribution in [3.63, 3.8) is 0 Å². The monoisotopic (exact) mass is 473 g/mol. The molecule has 9 heteroatoms. The van der Waals surface area contributed by atoms with E-state index in [0.29, 0.717) is 33.5 Å². The average molecular weight is 474 g/mol. The molecule has 2 aromatic carbocycles. The number of ether oxygens (including phenoxy) is 1. The van der Waals surface area contributed by atoms with Crippen LogP contribution in [0.2, 0.25) is 10.0 Å². The maximum Gasteiger partial charge on any atom is 0.337 e. The standard InChI is InChI=1S/C22H17Cl2N3O3S/c1-12-17(23)18(24)19(27(12)11-13-6-4-3-5-7-13)20(28)26-22-25-15-9-8-14(21(29)30-2)10-16(15)31-22/h3-10H,11H2,1-2H3,(H,25,26,28). The predicted octanol–water partition coefficient (Wildman–Crippen LogP) is 5.80. The second kappa shape index (κ2) is 8.70. The molecule has 0 radical (unpaired) electrons. The molecular weight excluding hydrogens is 457 g/mol. The summed E-state index contributed by atoms with van der Waals surface area (Å²) in [5.41, 5.74) is 3.06. The normalized spacial score (nSPS) is 11.0. The highest BCUT2D eigenvalue weighted by molar-refractivity contribution is 7.22. The summed E-state index contributed by atoms with van der Waals surface area (Å²) in [6.07, 6.45) is 0. The fourth-order valence-electron chi connectivity index (χ4n) is 3.23. The first-order valence-electron chi connectivity index (χ1n) is 9.27. The largest absolute Gasteiger partial charge is 0.465 e. The Kier molecular flexibility index (Phi) is 6.00. The zero-order chi connectivity index (χ0) is 22.1. The van der Waals surface area contributed by atoms with Crippen LogP contribution in [0.25, 0.3) is 10.2 Å². The molecule has 158 valence electrons. The summed E-state index contributed by atoms with van der Waals surface area (Å²) >= 11 is 14.0. The molecule has 0 atom stereocenters. The van der Waals surface area contributed by atoms with Crippen molar-refractivity contribution in [2.24, 2.45) is 0 Å². The third-order valence-electron chi connectivity index (χ3n) is 4.82. The Labute approximate surface area is 192 Å². The zero-order valence-electron chi connectivity index (χ0n) is 16.6. The summed E-state index contributed by atoms with van der Waals surface area (Å²) in [4.78, 5) is 29.3. The van der Waals surface area contributed by atoms with Crippen LogP contribution in [0.3, 0.4) is 0 Å². The van der Waals surface area contributed by atoms with Crippen molar-refractivity contribution in [1.82, 2.24) is 9.55 Å². The summed E-state index contributed by atoms with van der Waals surface area (Å²) in [6.45, 7) is 2.27. The number of anilines is 1. The number of hydrogen-bond acceptors (Lipinski definition) is 5. The molecule has 0 aliphatic heterocycles. The lowest BCUT2D eigenvalue weighted by atomic mass is 10.2. The molecule has 0 aliphatic rings. The summed E-state index contributed by atoms with van der Waals surface area (Å²) in [7, 11) is 1.33. The Morgan fingerprint density at radius 1 is 1.13 bits per heavy atom. The van der Waals surface area contributed by atoms with E-state index >= 15 is 0 Å². The number of carbonyl (C=O) groups is 2. The smallest absolute Gasteiger partial charge is 0.337 e. The van der Waals surface area contributed by atoms with Crippen LogP contribution in [-0.2, 0) is 11.3 Å². The van der Waals surface area contributed by atoms with Gasteiger partial charge in [-0.25, -0.2) is 9.78 Å². The number of hydrogen-bond donors (Lipinski definition) is 1. The Morgan fingerprint density at radius 3 is 2.58 bits per heavy atom. The number of benzene rings is 2. The molecule has 0 unspecified atom stereocenters. The van der Waals surface area contributed by atoms with E-state index in [9.17, 15) is 9.59 Å². The molecule has 4 aromatic rings. The highest BCUT2D eigenvalue weighted by Gasteiger charge is 2.24. The number of carbonyl (C=O) groups excluding carboxylic acids is 2. The lowest BCUT2D eigenvalue weighted by Crippen LogP contribution is -2.18. The lowest BCUT2D eigenvalue weighted by molar-refractivity contribution is 0.0601. The minimum atomic E-state index is -0.434. The van der Waals surface area contributed by atoms with Gasteiger partial charge in [-0.2, -0.15) is 0 Å². The molecule has 0 bridgehead atoms. The summed E-state index contributed by atoms with van der Waals surface area (Å²) in [6, 6.07) is 14.7. The van der Waals surface area contributed by atoms with Crippen molar-refractivity contribution in [3.8, 4) is 0 Å². The molecule has 2 aromatic heterocycles. The fraction of sp³-hybridized carbons (Fsp3) is 0.136. The minimum Gasteiger partial charge on any atom is -0.465 e. The quantitative estimate of drug-likeness (QED) is 0.371. The van der Waals surface area contributed by atoms with Crippen LogP contribution in [0, 0.1) is 6.92 Å². The fourth-order valence-corrected chi connectivity index (χ4v) is 4.65. The zero-order valence-corrected chi connectivity index (χ0v) is 18.9. The minimum absolute atomic E-state index is 0.196. The summed E-state index contributed by atoms with van der Waals surface area (Å²) < 4.78 is 7.29. The number of thiazole rings is 1. The van der Waals surface area contributed by atoms with E-state index in [1.807, 2.05) is 37.3 Å². The second-order valence-corrected chi connectivity index (χ2v) is 8.57. The highest BCUT2D eigenvalue weighted by atomic mass is 35.5. The molecule has 1 N–H and O–H groups in total. The van der Waals surface area contributed by atoms with Gasteiger partial charge in [-0.3, -0.25) is 10.1 Å². The van der Waals surface area contributed by atoms with Crippen molar-refractivity contribution in [2.45, 2.75) is 13.5 Å². The molecule has 1 amide bonds. The number of esters is 1. The first-order valence-corrected chi connectivity index (χ1v) is 10.8. The lowest BCUT2D eigenvalue weighted by Gasteiger charge is -2.11. The van der Waals surface area contributed by atoms with Crippen molar-refractivity contribution >= 4 is 61.8 Å². The van der Waals surface area contributed by atoms with Gasteiger partial charge in [-0.15, -0.1) is 0 Å². The van der Waals surface area contributed by atoms with Crippen LogP contribution in [-0.4, -0.2) is 28.5 Å². The number of nitrogens with zero attached hydrogens (tertiary/aromatic N) is 2. The van der Waals surface area contributed by atoms with E-state index in [1.54, 1.807) is 22.8 Å². The van der Waals surface area contributed by atoms with Gasteiger partial charge in [-0.05, 0) is 30.7 Å². The Hall–Kier alpha value is -2.87. The van der Waals surface area contributed by atoms with Gasteiger partial charge in [-0.1, -0.05) is 64.9 Å². The number of nitrogens with one attached hydrogen (secondary N) is 1. The highest BCUT2D eigenvalue weighted by Crippen LogP contribution is 2.34. The van der Waals surface area contributed by atoms with E-state index in [4.69, 9.17) is 27.9 Å². The van der Waals surface area contributed by atoms with Gasteiger partial charge in [0.1, 0.15) is 5.69 Å². The molecule has 0 spiro atoms. The first kappa shape index (κ1) is 21.4. The van der Waals surface area contributed by atoms with Crippen LogP contribution in [0.15, 0.2) is 48.5 Å². The molecule has 2 heterocycles. The van der Waals surface area contributed by atoms with Gasteiger partial charge < -0.3 is 9.30 Å². The third-order valence-corrected chi connectivity index (χ3v) is 6.68. The number of fused-ring (bicyclic) bond motifs is 1. The average Bonchev–Trinajstić information content (AvgIpc) is 3.27. The van der Waals surface area contributed by atoms with E-state index < -0.39 is 11.9 Å². The van der Waals surface area contributed by atoms with Crippen molar-refractivity contribution < 1.29 is 14.3 Å². The first-order chi connectivity index (χ1) is 14.9. The molecule has 4 rings (SSSR count). The number of amides is 1. The number of rotatable bonds is 5. The van der Waals surface area contributed by atoms with Crippen LogP contribution >= 0.6 is 34.5 Å². The number of methoxy groups -OCH3 is 1.